The van der Waals surface area contributed by atoms with Crippen molar-refractivity contribution in [2.24, 2.45) is 0 Å². The molecule has 8 nitrogen and oxygen atoms in total. The van der Waals surface area contributed by atoms with Crippen molar-refractivity contribution in [1.82, 2.24) is 15.5 Å². The van der Waals surface area contributed by atoms with Crippen LogP contribution in [0.3, 0.4) is 0 Å². The smallest absolute Gasteiger partial charge is 0.379 e. The van der Waals surface area contributed by atoms with Gasteiger partial charge in [-0.2, -0.15) is 13.2 Å². The molecule has 0 radical (unpaired) electrons. The van der Waals surface area contributed by atoms with E-state index in [1.54, 1.807) is 0 Å². The lowest BCUT2D eigenvalue weighted by molar-refractivity contribution is -0.384. The zero-order valence-electron chi connectivity index (χ0n) is 14.6. The molecule has 0 spiro atoms. The number of rotatable bonds is 8. The van der Waals surface area contributed by atoms with E-state index < -0.39 is 22.4 Å². The van der Waals surface area contributed by atoms with E-state index >= 15 is 0 Å². The Balaban J connectivity index is 1.78. The van der Waals surface area contributed by atoms with Crippen molar-refractivity contribution in [2.45, 2.75) is 12.6 Å². The second-order valence-electron chi connectivity index (χ2n) is 6.11. The number of nitrogens with zero attached hydrogens (tertiary/aromatic N) is 2. The first kappa shape index (κ1) is 20.9. The molecule has 1 aromatic carbocycles. The van der Waals surface area contributed by atoms with Crippen LogP contribution in [0, 0.1) is 10.1 Å². The van der Waals surface area contributed by atoms with Crippen molar-refractivity contribution in [2.75, 3.05) is 51.1 Å². The Hall–Kier alpha value is -2.40. The van der Waals surface area contributed by atoms with Gasteiger partial charge in [-0.3, -0.25) is 19.8 Å². The van der Waals surface area contributed by atoms with E-state index in [1.165, 1.54) is 0 Å². The third-order valence-electron chi connectivity index (χ3n) is 4.15. The van der Waals surface area contributed by atoms with Gasteiger partial charge in [0.2, 0.25) is 5.91 Å². The molecule has 2 rings (SSSR count). The molecule has 3 N–H and O–H groups in total. The maximum atomic E-state index is 12.7. The molecule has 0 aliphatic carbocycles. The highest BCUT2D eigenvalue weighted by Crippen LogP contribution is 2.34. The number of hydrogen-bond donors (Lipinski definition) is 3. The van der Waals surface area contributed by atoms with Crippen LogP contribution in [-0.4, -0.2) is 61.5 Å². The van der Waals surface area contributed by atoms with Gasteiger partial charge in [0.05, 0.1) is 10.5 Å². The molecule has 11 heteroatoms. The summed E-state index contributed by atoms with van der Waals surface area (Å²) in [5.41, 5.74) is -1.82. The number of piperazine rings is 1. The van der Waals surface area contributed by atoms with Gasteiger partial charge in [0, 0.05) is 58.3 Å². The normalized spacial score (nSPS) is 15.4. The van der Waals surface area contributed by atoms with E-state index in [2.05, 4.69) is 20.9 Å². The quantitative estimate of drug-likeness (QED) is 0.460. The molecule has 0 unspecified atom stereocenters. The summed E-state index contributed by atoms with van der Waals surface area (Å²) in [5.74, 6) is -0.229. The van der Waals surface area contributed by atoms with Gasteiger partial charge < -0.3 is 16.0 Å². The van der Waals surface area contributed by atoms with Crippen LogP contribution in [0.4, 0.5) is 24.5 Å². The number of hydrogen-bond acceptors (Lipinski definition) is 6. The predicted molar refractivity (Wildman–Crippen MR) is 93.5 cm³/mol. The highest BCUT2D eigenvalue weighted by molar-refractivity contribution is 5.76. The van der Waals surface area contributed by atoms with Gasteiger partial charge in [0.15, 0.2) is 0 Å². The number of amides is 1. The van der Waals surface area contributed by atoms with Crippen molar-refractivity contribution in [3.8, 4) is 0 Å². The first-order valence-electron chi connectivity index (χ1n) is 8.56. The molecule has 0 atom stereocenters. The van der Waals surface area contributed by atoms with Crippen molar-refractivity contribution >= 4 is 17.3 Å². The molecule has 1 aliphatic rings. The number of anilines is 1. The third-order valence-corrected chi connectivity index (χ3v) is 4.15. The monoisotopic (exact) mass is 389 g/mol. The fourth-order valence-corrected chi connectivity index (χ4v) is 2.70. The summed E-state index contributed by atoms with van der Waals surface area (Å²) in [5, 5.41) is 19.6. The van der Waals surface area contributed by atoms with E-state index in [1.807, 2.05) is 0 Å². The summed E-state index contributed by atoms with van der Waals surface area (Å²) in [6.45, 7) is 5.01. The lowest BCUT2D eigenvalue weighted by Gasteiger charge is -2.27. The van der Waals surface area contributed by atoms with E-state index in [-0.39, 0.29) is 24.6 Å². The first-order valence-corrected chi connectivity index (χ1v) is 8.56. The fraction of sp³-hybridized carbons (Fsp3) is 0.562. The fourth-order valence-electron chi connectivity index (χ4n) is 2.70. The van der Waals surface area contributed by atoms with Crippen LogP contribution in [0.25, 0.3) is 0 Å². The van der Waals surface area contributed by atoms with Crippen LogP contribution in [0.5, 0.6) is 0 Å². The average molecular weight is 389 g/mol. The van der Waals surface area contributed by atoms with E-state index in [4.69, 9.17) is 0 Å². The summed E-state index contributed by atoms with van der Waals surface area (Å²) < 4.78 is 38.0. The minimum atomic E-state index is -4.66. The number of nitrogens with one attached hydrogen (secondary N) is 3. The molecule has 1 fully saturated rings. The molecule has 1 aliphatic heterocycles. The number of carbonyl (C=O) groups excluding carboxylic acids is 1. The number of halogens is 3. The Labute approximate surface area is 154 Å². The molecule has 150 valence electrons. The van der Waals surface area contributed by atoms with Gasteiger partial charge in [0.1, 0.15) is 5.69 Å². The van der Waals surface area contributed by atoms with Crippen molar-refractivity contribution in [3.05, 3.63) is 33.9 Å². The van der Waals surface area contributed by atoms with Crippen LogP contribution in [-0.2, 0) is 11.0 Å². The SMILES string of the molecule is O=C(CCNc1ccc(C(F)(F)F)cc1[N+](=O)[O-])NCCN1CCNCC1. The lowest BCUT2D eigenvalue weighted by Crippen LogP contribution is -2.46. The van der Waals surface area contributed by atoms with Gasteiger partial charge in [-0.05, 0) is 12.1 Å². The zero-order valence-corrected chi connectivity index (χ0v) is 14.6. The molecule has 1 aromatic rings. The molecule has 0 aromatic heterocycles. The molecular formula is C16H22F3N5O3. The van der Waals surface area contributed by atoms with Crippen LogP contribution in [0.2, 0.25) is 0 Å². The summed E-state index contributed by atoms with van der Waals surface area (Å²) in [4.78, 5) is 24.2. The maximum absolute atomic E-state index is 12.7. The summed E-state index contributed by atoms with van der Waals surface area (Å²) >= 11 is 0. The van der Waals surface area contributed by atoms with Gasteiger partial charge in [-0.15, -0.1) is 0 Å². The number of carbonyl (C=O) groups is 1. The van der Waals surface area contributed by atoms with Crippen LogP contribution in [0.15, 0.2) is 18.2 Å². The highest BCUT2D eigenvalue weighted by atomic mass is 19.4. The number of nitro benzene ring substituents is 1. The Morgan fingerprint density at radius 1 is 1.26 bits per heavy atom. The van der Waals surface area contributed by atoms with Crippen LogP contribution < -0.4 is 16.0 Å². The molecule has 1 amide bonds. The minimum Gasteiger partial charge on any atom is -0.379 e. The summed E-state index contributed by atoms with van der Waals surface area (Å²) in [6.07, 6.45) is -4.60. The average Bonchev–Trinajstić information content (AvgIpc) is 2.61. The van der Waals surface area contributed by atoms with E-state index in [0.717, 1.165) is 44.9 Å². The third kappa shape index (κ3) is 6.68. The number of nitro groups is 1. The number of benzene rings is 1. The predicted octanol–water partition coefficient (Wildman–Crippen LogP) is 1.44. The standard InChI is InChI=1S/C16H22F3N5O3/c17-16(18,19)12-1-2-13(14(11-12)24(26)27)21-4-3-15(25)22-7-10-23-8-5-20-6-9-23/h1-2,11,20-21H,3-10H2,(H,22,25). The largest absolute Gasteiger partial charge is 0.416 e. The lowest BCUT2D eigenvalue weighted by atomic mass is 10.1. The van der Waals surface area contributed by atoms with Crippen LogP contribution in [0.1, 0.15) is 12.0 Å². The molecule has 27 heavy (non-hydrogen) atoms. The van der Waals surface area contributed by atoms with E-state index in [0.29, 0.717) is 12.6 Å². The topological polar surface area (TPSA) is 99.5 Å². The molecular weight excluding hydrogens is 367 g/mol. The van der Waals surface area contributed by atoms with Crippen molar-refractivity contribution in [3.63, 3.8) is 0 Å². The Morgan fingerprint density at radius 3 is 2.59 bits per heavy atom. The number of alkyl halides is 3. The van der Waals surface area contributed by atoms with Crippen molar-refractivity contribution in [1.29, 1.82) is 0 Å². The van der Waals surface area contributed by atoms with Gasteiger partial charge in [0.25, 0.3) is 5.69 Å². The molecule has 1 heterocycles. The minimum absolute atomic E-state index is 0.0541. The molecule has 0 saturated carbocycles. The Bertz CT molecular complexity index is 663. The Kier molecular flexibility index (Phi) is 7.36. The van der Waals surface area contributed by atoms with Gasteiger partial charge in [-0.1, -0.05) is 0 Å². The van der Waals surface area contributed by atoms with Crippen LogP contribution >= 0.6 is 0 Å². The molecule has 0 bridgehead atoms. The second kappa shape index (κ2) is 9.51. The van der Waals surface area contributed by atoms with Crippen molar-refractivity contribution < 1.29 is 22.9 Å². The summed E-state index contributed by atoms with van der Waals surface area (Å²) in [7, 11) is 0. The Morgan fingerprint density at radius 2 is 1.96 bits per heavy atom. The van der Waals surface area contributed by atoms with Gasteiger partial charge >= 0.3 is 6.18 Å². The highest BCUT2D eigenvalue weighted by Gasteiger charge is 2.33. The van der Waals surface area contributed by atoms with E-state index in [9.17, 15) is 28.1 Å². The maximum Gasteiger partial charge on any atom is 0.416 e. The molecule has 1 saturated heterocycles. The van der Waals surface area contributed by atoms with Gasteiger partial charge in [-0.25, -0.2) is 0 Å². The second-order valence-corrected chi connectivity index (χ2v) is 6.11. The zero-order chi connectivity index (χ0) is 19.9. The first-order chi connectivity index (χ1) is 12.8. The summed E-state index contributed by atoms with van der Waals surface area (Å²) in [6, 6.07) is 2.25.